The lowest BCUT2D eigenvalue weighted by Crippen LogP contribution is -2.56. The number of halogens is 2. The molecule has 212 valence electrons. The van der Waals surface area contributed by atoms with Gasteiger partial charge in [-0.1, -0.05) is 11.6 Å². The molecule has 0 aliphatic carbocycles. The van der Waals surface area contributed by atoms with Gasteiger partial charge in [0.25, 0.3) is 11.8 Å². The Morgan fingerprint density at radius 3 is 2.67 bits per heavy atom. The van der Waals surface area contributed by atoms with Gasteiger partial charge in [-0.25, -0.2) is 13.9 Å². The number of nitrogens with zero attached hydrogens (tertiary/aromatic N) is 6. The minimum atomic E-state index is -1.61. The van der Waals surface area contributed by atoms with E-state index in [1.165, 1.54) is 35.7 Å². The molecule has 1 aromatic carbocycles. The number of alkyl halides is 1. The van der Waals surface area contributed by atoms with Crippen LogP contribution in [0.25, 0.3) is 5.65 Å². The molecule has 6 rings (SSSR count). The fraction of sp³-hybridized carbons (Fsp3) is 0.481. The van der Waals surface area contributed by atoms with E-state index in [2.05, 4.69) is 25.2 Å². The first-order valence-corrected chi connectivity index (χ1v) is 13.7. The molecule has 2 amide bonds. The van der Waals surface area contributed by atoms with Crippen LogP contribution in [0.4, 0.5) is 15.8 Å². The number of aliphatic hydroxyl groups is 1. The maximum atomic E-state index is 14.7. The Labute approximate surface area is 235 Å². The van der Waals surface area contributed by atoms with Crippen LogP contribution in [0, 0.1) is 0 Å². The van der Waals surface area contributed by atoms with Gasteiger partial charge in [-0.15, -0.1) is 0 Å². The maximum absolute atomic E-state index is 14.7. The SMILES string of the molecule is CC(C)(O)[C@H](F)CN1Cc2cc(NC(=O)c3cnn4cc(Cl)cnc34)c(N3CCN(C4COC4)CC3)cc2C1=O. The highest BCUT2D eigenvalue weighted by atomic mass is 35.5. The van der Waals surface area contributed by atoms with Crippen molar-refractivity contribution < 1.29 is 23.8 Å². The van der Waals surface area contributed by atoms with E-state index in [0.717, 1.165) is 32.0 Å². The van der Waals surface area contributed by atoms with E-state index in [9.17, 15) is 19.1 Å². The molecule has 13 heteroatoms. The molecule has 2 N–H and O–H groups in total. The molecule has 2 fully saturated rings. The van der Waals surface area contributed by atoms with Crippen molar-refractivity contribution in [1.82, 2.24) is 24.4 Å². The van der Waals surface area contributed by atoms with Crippen LogP contribution in [-0.2, 0) is 11.3 Å². The summed E-state index contributed by atoms with van der Waals surface area (Å²) < 4.78 is 21.5. The van der Waals surface area contributed by atoms with Crippen LogP contribution in [-0.4, -0.2) is 105 Å². The second-order valence-corrected chi connectivity index (χ2v) is 11.5. The largest absolute Gasteiger partial charge is 0.387 e. The topological polar surface area (TPSA) is 116 Å². The maximum Gasteiger partial charge on any atom is 0.261 e. The number of fused-ring (bicyclic) bond motifs is 2. The first kappa shape index (κ1) is 26.9. The number of nitrogens with one attached hydrogen (secondary N) is 1. The van der Waals surface area contributed by atoms with E-state index in [-0.39, 0.29) is 24.6 Å². The third kappa shape index (κ3) is 5.00. The number of hydrogen-bond acceptors (Lipinski definition) is 8. The van der Waals surface area contributed by atoms with Crippen LogP contribution in [0.3, 0.4) is 0 Å². The predicted octanol–water partition coefficient (Wildman–Crippen LogP) is 2.22. The molecule has 0 unspecified atom stereocenters. The second-order valence-electron chi connectivity index (χ2n) is 11.1. The Morgan fingerprint density at radius 2 is 2.00 bits per heavy atom. The number of piperazine rings is 1. The lowest BCUT2D eigenvalue weighted by molar-refractivity contribution is -0.0660. The normalized spacial score (nSPS) is 19.2. The molecule has 5 heterocycles. The first-order valence-electron chi connectivity index (χ1n) is 13.3. The Hall–Kier alpha value is -3.32. The molecule has 0 saturated carbocycles. The van der Waals surface area contributed by atoms with Crippen LogP contribution >= 0.6 is 11.6 Å². The van der Waals surface area contributed by atoms with Gasteiger partial charge < -0.3 is 25.0 Å². The third-order valence-electron chi connectivity index (χ3n) is 7.86. The molecule has 2 saturated heterocycles. The number of hydrogen-bond donors (Lipinski definition) is 2. The fourth-order valence-corrected chi connectivity index (χ4v) is 5.44. The van der Waals surface area contributed by atoms with Gasteiger partial charge in [0.2, 0.25) is 0 Å². The number of carbonyl (C=O) groups is 2. The number of aromatic nitrogens is 3. The summed E-state index contributed by atoms with van der Waals surface area (Å²) in [5.41, 5.74) is 1.49. The summed E-state index contributed by atoms with van der Waals surface area (Å²) in [7, 11) is 0. The molecular formula is C27H31ClFN7O4. The molecule has 1 atom stereocenters. The number of rotatable bonds is 7. The summed E-state index contributed by atoms with van der Waals surface area (Å²) in [4.78, 5) is 36.9. The summed E-state index contributed by atoms with van der Waals surface area (Å²) in [6, 6.07) is 4.01. The van der Waals surface area contributed by atoms with Gasteiger partial charge >= 0.3 is 0 Å². The highest BCUT2D eigenvalue weighted by Crippen LogP contribution is 2.36. The molecule has 2 aromatic heterocycles. The molecule has 0 bridgehead atoms. The quantitative estimate of drug-likeness (QED) is 0.444. The number of amides is 2. The Balaban J connectivity index is 1.30. The van der Waals surface area contributed by atoms with E-state index >= 15 is 0 Å². The fourth-order valence-electron chi connectivity index (χ4n) is 5.30. The highest BCUT2D eigenvalue weighted by Gasteiger charge is 2.36. The number of benzene rings is 1. The van der Waals surface area contributed by atoms with Crippen molar-refractivity contribution in [3.63, 3.8) is 0 Å². The van der Waals surface area contributed by atoms with Crippen molar-refractivity contribution in [1.29, 1.82) is 0 Å². The minimum Gasteiger partial charge on any atom is -0.387 e. The van der Waals surface area contributed by atoms with Gasteiger partial charge in [0.05, 0.1) is 60.2 Å². The van der Waals surface area contributed by atoms with Crippen LogP contribution < -0.4 is 10.2 Å². The zero-order chi connectivity index (χ0) is 28.2. The summed E-state index contributed by atoms with van der Waals surface area (Å²) in [6.07, 6.45) is 2.85. The summed E-state index contributed by atoms with van der Waals surface area (Å²) >= 11 is 6.01. The van der Waals surface area contributed by atoms with Crippen molar-refractivity contribution >= 4 is 40.4 Å². The number of ether oxygens (including phenoxy) is 1. The average molecular weight is 572 g/mol. The van der Waals surface area contributed by atoms with Gasteiger partial charge in [-0.2, -0.15) is 5.10 Å². The van der Waals surface area contributed by atoms with Crippen molar-refractivity contribution in [2.24, 2.45) is 0 Å². The van der Waals surface area contributed by atoms with Crippen molar-refractivity contribution in [3.8, 4) is 0 Å². The monoisotopic (exact) mass is 571 g/mol. The molecule has 0 radical (unpaired) electrons. The molecule has 3 aliphatic heterocycles. The molecule has 40 heavy (non-hydrogen) atoms. The first-order chi connectivity index (χ1) is 19.1. The van der Waals surface area contributed by atoms with Crippen molar-refractivity contribution in [2.45, 2.75) is 38.2 Å². The molecule has 11 nitrogen and oxygen atoms in total. The van der Waals surface area contributed by atoms with E-state index in [4.69, 9.17) is 16.3 Å². The highest BCUT2D eigenvalue weighted by molar-refractivity contribution is 6.30. The zero-order valence-corrected chi connectivity index (χ0v) is 23.1. The van der Waals surface area contributed by atoms with Gasteiger partial charge in [0.1, 0.15) is 11.7 Å². The number of anilines is 2. The Morgan fingerprint density at radius 1 is 1.25 bits per heavy atom. The lowest BCUT2D eigenvalue weighted by atomic mass is 10.0. The van der Waals surface area contributed by atoms with Crippen molar-refractivity contribution in [2.75, 3.05) is 56.2 Å². The van der Waals surface area contributed by atoms with E-state index < -0.39 is 17.7 Å². The van der Waals surface area contributed by atoms with E-state index in [1.54, 1.807) is 18.3 Å². The molecule has 3 aromatic rings. The van der Waals surface area contributed by atoms with Crippen molar-refractivity contribution in [3.05, 3.63) is 52.4 Å². The van der Waals surface area contributed by atoms with E-state index in [1.807, 2.05) is 0 Å². The minimum absolute atomic E-state index is 0.181. The predicted molar refractivity (Wildman–Crippen MR) is 147 cm³/mol. The smallest absolute Gasteiger partial charge is 0.261 e. The summed E-state index contributed by atoms with van der Waals surface area (Å²) in [6.45, 7) is 7.26. The van der Waals surface area contributed by atoms with Crippen LogP contribution in [0.2, 0.25) is 5.02 Å². The molecular weight excluding hydrogens is 541 g/mol. The third-order valence-corrected chi connectivity index (χ3v) is 8.05. The van der Waals surface area contributed by atoms with Crippen LogP contribution in [0.1, 0.15) is 40.1 Å². The standard InChI is InChI=1S/C27H31ClFN7O4/c1-27(2,39)23(29)13-35-11-16-7-21(32-25(37)20-10-31-36-12-17(28)9-30-24(20)36)22(8-19(16)26(35)38)34-5-3-33(4-6-34)18-14-40-15-18/h7-10,12,18,23,39H,3-6,11,13-15H2,1-2H3,(H,32,37)/t23-/m1/s1. The van der Waals surface area contributed by atoms with Gasteiger partial charge in [-0.3, -0.25) is 14.5 Å². The average Bonchev–Trinajstić information content (AvgIpc) is 3.42. The number of carbonyl (C=O) groups excluding carboxylic acids is 2. The summed E-state index contributed by atoms with van der Waals surface area (Å²) in [5, 5.41) is 17.7. The van der Waals surface area contributed by atoms with Crippen LogP contribution in [0.15, 0.2) is 30.7 Å². The Bertz CT molecular complexity index is 1460. The van der Waals surface area contributed by atoms with E-state index in [0.29, 0.717) is 46.6 Å². The van der Waals surface area contributed by atoms with Gasteiger partial charge in [0, 0.05) is 44.5 Å². The molecule has 3 aliphatic rings. The zero-order valence-electron chi connectivity index (χ0n) is 22.3. The molecule has 0 spiro atoms. The van der Waals surface area contributed by atoms with Gasteiger partial charge in [-0.05, 0) is 31.5 Å². The Kier molecular flexibility index (Phi) is 6.89. The van der Waals surface area contributed by atoms with Gasteiger partial charge in [0.15, 0.2) is 5.65 Å². The van der Waals surface area contributed by atoms with Crippen LogP contribution in [0.5, 0.6) is 0 Å². The lowest BCUT2D eigenvalue weighted by Gasteiger charge is -2.43. The summed E-state index contributed by atoms with van der Waals surface area (Å²) in [5.74, 6) is -0.696. The second kappa shape index (κ2) is 10.3.